The Labute approximate surface area is 203 Å². The molecule has 36 heavy (non-hydrogen) atoms. The SMILES string of the molecule is O=C(O)CC1(Nc2nc(-c3cc(-c4ccon4)n(Cc4ccccc4F)n3)ncc2F)CCOCC1. The minimum absolute atomic E-state index is 0.100. The van der Waals surface area contributed by atoms with Gasteiger partial charge in [-0.15, -0.1) is 0 Å². The minimum atomic E-state index is -1.01. The van der Waals surface area contributed by atoms with E-state index in [4.69, 9.17) is 9.26 Å². The standard InChI is InChI=1S/C24H22F2N6O4/c25-16-4-2-1-3-15(16)14-32-20(18-5-8-36-31-18)11-19(30-32)23-27-13-17(26)22(28-23)29-24(12-21(33)34)6-9-35-10-7-24/h1-5,8,11,13H,6-7,9-10,12,14H2,(H,33,34)(H,27,28,29). The molecule has 186 valence electrons. The van der Waals surface area contributed by atoms with Gasteiger partial charge in [-0.3, -0.25) is 9.48 Å². The second kappa shape index (κ2) is 9.82. The molecule has 4 heterocycles. The zero-order valence-electron chi connectivity index (χ0n) is 19.0. The van der Waals surface area contributed by atoms with E-state index < -0.39 is 17.3 Å². The fraction of sp³-hybridized carbons (Fsp3) is 0.292. The van der Waals surface area contributed by atoms with E-state index in [2.05, 4.69) is 25.5 Å². The van der Waals surface area contributed by atoms with Gasteiger partial charge in [0.1, 0.15) is 23.5 Å². The number of aromatic nitrogens is 5. The summed E-state index contributed by atoms with van der Waals surface area (Å²) in [5.74, 6) is -2.14. The van der Waals surface area contributed by atoms with Crippen molar-refractivity contribution in [2.75, 3.05) is 18.5 Å². The van der Waals surface area contributed by atoms with E-state index in [0.29, 0.717) is 48.7 Å². The van der Waals surface area contributed by atoms with E-state index in [9.17, 15) is 18.7 Å². The molecule has 1 aliphatic rings. The quantitative estimate of drug-likeness (QED) is 0.375. The molecule has 1 aromatic carbocycles. The summed E-state index contributed by atoms with van der Waals surface area (Å²) in [6.07, 6.45) is 2.95. The van der Waals surface area contributed by atoms with Crippen molar-refractivity contribution in [1.29, 1.82) is 0 Å². The van der Waals surface area contributed by atoms with Gasteiger partial charge in [0.15, 0.2) is 17.5 Å². The molecular weight excluding hydrogens is 474 g/mol. The van der Waals surface area contributed by atoms with E-state index in [1.54, 1.807) is 30.3 Å². The molecule has 0 bridgehead atoms. The minimum Gasteiger partial charge on any atom is -0.481 e. The van der Waals surface area contributed by atoms with Crippen molar-refractivity contribution in [2.24, 2.45) is 0 Å². The summed E-state index contributed by atoms with van der Waals surface area (Å²) < 4.78 is 40.9. The zero-order chi connectivity index (χ0) is 25.1. The largest absolute Gasteiger partial charge is 0.481 e. The lowest BCUT2D eigenvalue weighted by Crippen LogP contribution is -2.46. The Morgan fingerprint density at radius 1 is 1.14 bits per heavy atom. The lowest BCUT2D eigenvalue weighted by Gasteiger charge is -2.37. The van der Waals surface area contributed by atoms with Crippen LogP contribution in [0.4, 0.5) is 14.6 Å². The first-order chi connectivity index (χ1) is 17.4. The van der Waals surface area contributed by atoms with E-state index in [1.165, 1.54) is 17.0 Å². The third-order valence-electron chi connectivity index (χ3n) is 6.05. The summed E-state index contributed by atoms with van der Waals surface area (Å²) in [6, 6.07) is 9.62. The Morgan fingerprint density at radius 2 is 1.94 bits per heavy atom. The van der Waals surface area contributed by atoms with Crippen molar-refractivity contribution in [1.82, 2.24) is 24.9 Å². The summed E-state index contributed by atoms with van der Waals surface area (Å²) >= 11 is 0. The van der Waals surface area contributed by atoms with Gasteiger partial charge in [0.2, 0.25) is 0 Å². The topological polar surface area (TPSA) is 128 Å². The molecule has 10 nitrogen and oxygen atoms in total. The maximum atomic E-state index is 14.7. The number of hydrogen-bond acceptors (Lipinski definition) is 8. The summed E-state index contributed by atoms with van der Waals surface area (Å²) in [4.78, 5) is 19.9. The van der Waals surface area contributed by atoms with Crippen LogP contribution in [0.5, 0.6) is 0 Å². The van der Waals surface area contributed by atoms with Gasteiger partial charge in [-0.25, -0.2) is 18.7 Å². The number of carbonyl (C=O) groups is 1. The predicted molar refractivity (Wildman–Crippen MR) is 123 cm³/mol. The van der Waals surface area contributed by atoms with Crippen LogP contribution in [0.15, 0.2) is 53.4 Å². The highest BCUT2D eigenvalue weighted by Gasteiger charge is 2.36. The number of halogens is 2. The molecule has 1 saturated heterocycles. The van der Waals surface area contributed by atoms with Crippen molar-refractivity contribution in [2.45, 2.75) is 31.3 Å². The second-order valence-electron chi connectivity index (χ2n) is 8.53. The second-order valence-corrected chi connectivity index (χ2v) is 8.53. The van der Waals surface area contributed by atoms with Crippen molar-refractivity contribution in [3.8, 4) is 22.9 Å². The van der Waals surface area contributed by atoms with Crippen molar-refractivity contribution in [3.63, 3.8) is 0 Å². The van der Waals surface area contributed by atoms with Gasteiger partial charge >= 0.3 is 5.97 Å². The maximum Gasteiger partial charge on any atom is 0.305 e. The van der Waals surface area contributed by atoms with Gasteiger partial charge in [0.25, 0.3) is 0 Å². The number of anilines is 1. The number of aliphatic carboxylic acids is 1. The molecule has 0 saturated carbocycles. The summed E-state index contributed by atoms with van der Waals surface area (Å²) in [6.45, 7) is 0.797. The van der Waals surface area contributed by atoms with E-state index >= 15 is 0 Å². The van der Waals surface area contributed by atoms with Crippen LogP contribution in [-0.2, 0) is 16.1 Å². The number of nitrogens with zero attached hydrogens (tertiary/aromatic N) is 5. The fourth-order valence-electron chi connectivity index (χ4n) is 4.21. The molecule has 0 atom stereocenters. The molecule has 0 amide bonds. The number of carboxylic acids is 1. The molecule has 0 spiro atoms. The summed E-state index contributed by atoms with van der Waals surface area (Å²) in [7, 11) is 0. The van der Waals surface area contributed by atoms with Crippen LogP contribution < -0.4 is 5.32 Å². The molecular formula is C24H22F2N6O4. The molecule has 4 aromatic rings. The van der Waals surface area contributed by atoms with Gasteiger partial charge in [-0.05, 0) is 25.0 Å². The number of hydrogen-bond donors (Lipinski definition) is 2. The lowest BCUT2D eigenvalue weighted by atomic mass is 9.86. The number of ether oxygens (including phenoxy) is 1. The van der Waals surface area contributed by atoms with Gasteiger partial charge in [-0.2, -0.15) is 5.10 Å². The highest BCUT2D eigenvalue weighted by atomic mass is 19.1. The summed E-state index contributed by atoms with van der Waals surface area (Å²) in [5.41, 5.74) is 0.789. The molecule has 0 unspecified atom stereocenters. The van der Waals surface area contributed by atoms with Gasteiger partial charge in [0, 0.05) is 24.8 Å². The molecule has 3 aromatic heterocycles. The molecule has 1 fully saturated rings. The fourth-order valence-corrected chi connectivity index (χ4v) is 4.21. The molecule has 0 aliphatic carbocycles. The normalized spacial score (nSPS) is 15.1. The first-order valence-corrected chi connectivity index (χ1v) is 11.3. The van der Waals surface area contributed by atoms with Crippen LogP contribution in [-0.4, -0.2) is 54.7 Å². The van der Waals surface area contributed by atoms with Crippen LogP contribution >= 0.6 is 0 Å². The first kappa shape index (κ1) is 23.5. The van der Waals surface area contributed by atoms with Crippen LogP contribution in [0.3, 0.4) is 0 Å². The van der Waals surface area contributed by atoms with Crippen LogP contribution in [0.1, 0.15) is 24.8 Å². The van der Waals surface area contributed by atoms with Crippen LogP contribution in [0.25, 0.3) is 22.9 Å². The Kier molecular flexibility index (Phi) is 6.42. The number of carboxylic acid groups (broad SMARTS) is 1. The van der Waals surface area contributed by atoms with Crippen molar-refractivity contribution < 1.29 is 27.9 Å². The van der Waals surface area contributed by atoms with E-state index in [0.717, 1.165) is 6.20 Å². The predicted octanol–water partition coefficient (Wildman–Crippen LogP) is 3.76. The Hall–Kier alpha value is -4.19. The number of rotatable bonds is 8. The molecule has 1 aliphatic heterocycles. The van der Waals surface area contributed by atoms with Crippen molar-refractivity contribution in [3.05, 3.63) is 66.1 Å². The average Bonchev–Trinajstić information content (AvgIpc) is 3.52. The highest BCUT2D eigenvalue weighted by Crippen LogP contribution is 2.31. The average molecular weight is 496 g/mol. The van der Waals surface area contributed by atoms with Gasteiger partial charge in [-0.1, -0.05) is 23.4 Å². The maximum absolute atomic E-state index is 14.7. The summed E-state index contributed by atoms with van der Waals surface area (Å²) in [5, 5.41) is 20.9. The third-order valence-corrected chi connectivity index (χ3v) is 6.05. The third kappa shape index (κ3) is 4.93. The van der Waals surface area contributed by atoms with E-state index in [-0.39, 0.29) is 30.4 Å². The van der Waals surface area contributed by atoms with Gasteiger partial charge in [0.05, 0.1) is 30.4 Å². The van der Waals surface area contributed by atoms with Crippen LogP contribution in [0.2, 0.25) is 0 Å². The highest BCUT2D eigenvalue weighted by molar-refractivity contribution is 5.69. The van der Waals surface area contributed by atoms with Crippen LogP contribution in [0, 0.1) is 11.6 Å². The Bertz CT molecular complexity index is 1370. The first-order valence-electron chi connectivity index (χ1n) is 11.3. The Morgan fingerprint density at radius 3 is 2.67 bits per heavy atom. The zero-order valence-corrected chi connectivity index (χ0v) is 19.0. The molecule has 12 heteroatoms. The number of nitrogens with one attached hydrogen (secondary N) is 1. The molecule has 0 radical (unpaired) electrons. The Balaban J connectivity index is 1.51. The lowest BCUT2D eigenvalue weighted by molar-refractivity contribution is -0.138. The van der Waals surface area contributed by atoms with Gasteiger partial charge < -0.3 is 19.7 Å². The van der Waals surface area contributed by atoms with E-state index in [1.807, 2.05) is 0 Å². The molecule has 5 rings (SSSR count). The number of benzene rings is 1. The molecule has 2 N–H and O–H groups in total. The smallest absolute Gasteiger partial charge is 0.305 e. The monoisotopic (exact) mass is 496 g/mol. The van der Waals surface area contributed by atoms with Crippen molar-refractivity contribution >= 4 is 11.8 Å².